The average Bonchev–Trinajstić information content (AvgIpc) is 2.84. The SMILES string of the molecule is CCNC1CCC(c2cc(O)cc(CC3CCCC(C4(C)C=CCC(C)C4)C3)c2)c2ccccc21. The zero-order valence-corrected chi connectivity index (χ0v) is 22.1. The maximum absolute atomic E-state index is 10.7. The van der Waals surface area contributed by atoms with E-state index in [1.54, 1.807) is 0 Å². The highest BCUT2D eigenvalue weighted by Gasteiger charge is 2.38. The molecule has 0 bridgehead atoms. The van der Waals surface area contributed by atoms with Gasteiger partial charge in [0.25, 0.3) is 0 Å². The van der Waals surface area contributed by atoms with E-state index in [-0.39, 0.29) is 0 Å². The molecule has 6 atom stereocenters. The molecular weight excluding hydrogens is 426 g/mol. The summed E-state index contributed by atoms with van der Waals surface area (Å²) in [5, 5.41) is 14.4. The molecule has 5 rings (SSSR count). The third-order valence-corrected chi connectivity index (χ3v) is 9.41. The maximum atomic E-state index is 10.7. The number of rotatable bonds is 6. The van der Waals surface area contributed by atoms with Crippen molar-refractivity contribution < 1.29 is 5.11 Å². The largest absolute Gasteiger partial charge is 0.508 e. The lowest BCUT2D eigenvalue weighted by atomic mass is 9.61. The molecular formula is C33H45NO. The van der Waals surface area contributed by atoms with Crippen LogP contribution in [-0.4, -0.2) is 11.7 Å². The topological polar surface area (TPSA) is 32.3 Å². The Kier molecular flexibility index (Phi) is 7.39. The smallest absolute Gasteiger partial charge is 0.116 e. The predicted octanol–water partition coefficient (Wildman–Crippen LogP) is 8.31. The minimum Gasteiger partial charge on any atom is -0.508 e. The van der Waals surface area contributed by atoms with Gasteiger partial charge in [0, 0.05) is 12.0 Å². The second kappa shape index (κ2) is 10.5. The van der Waals surface area contributed by atoms with E-state index in [0.717, 1.165) is 43.6 Å². The number of phenols is 1. The second-order valence-corrected chi connectivity index (χ2v) is 12.2. The molecule has 35 heavy (non-hydrogen) atoms. The van der Waals surface area contributed by atoms with Crippen molar-refractivity contribution in [3.05, 3.63) is 76.9 Å². The molecule has 6 unspecified atom stereocenters. The Morgan fingerprint density at radius 3 is 2.66 bits per heavy atom. The van der Waals surface area contributed by atoms with Crippen LogP contribution in [0.4, 0.5) is 0 Å². The zero-order chi connectivity index (χ0) is 24.4. The molecule has 3 aliphatic rings. The monoisotopic (exact) mass is 471 g/mol. The highest BCUT2D eigenvalue weighted by atomic mass is 16.3. The van der Waals surface area contributed by atoms with E-state index >= 15 is 0 Å². The number of allylic oxidation sites excluding steroid dienone is 2. The zero-order valence-electron chi connectivity index (χ0n) is 22.1. The Morgan fingerprint density at radius 2 is 1.86 bits per heavy atom. The van der Waals surface area contributed by atoms with Gasteiger partial charge in [0.05, 0.1) is 0 Å². The van der Waals surface area contributed by atoms with Gasteiger partial charge in [0.15, 0.2) is 0 Å². The Labute approximate surface area is 213 Å². The lowest BCUT2D eigenvalue weighted by Gasteiger charge is -2.43. The van der Waals surface area contributed by atoms with Crippen molar-refractivity contribution in [2.24, 2.45) is 23.2 Å². The first kappa shape index (κ1) is 24.6. The summed E-state index contributed by atoms with van der Waals surface area (Å²) in [6, 6.07) is 15.9. The predicted molar refractivity (Wildman–Crippen MR) is 147 cm³/mol. The van der Waals surface area contributed by atoms with Crippen LogP contribution in [0.2, 0.25) is 0 Å². The van der Waals surface area contributed by atoms with E-state index in [1.807, 2.05) is 12.1 Å². The standard InChI is InChI=1S/C33H45NO/c1-4-34-32-15-14-29(30-12-5-6-13-31(30)32)26-18-25(20-28(35)21-26)17-24-10-7-11-27(19-24)33(3)16-8-9-23(2)22-33/h5-6,8,12-13,16,18,20-21,23-24,27,29,32,34-35H,4,7,9-11,14-15,17,19,22H2,1-3H3. The molecule has 1 fully saturated rings. The van der Waals surface area contributed by atoms with Crippen molar-refractivity contribution >= 4 is 0 Å². The van der Waals surface area contributed by atoms with Crippen molar-refractivity contribution in [3.8, 4) is 5.75 Å². The molecule has 0 radical (unpaired) electrons. The number of hydrogen-bond donors (Lipinski definition) is 2. The number of fused-ring (bicyclic) bond motifs is 1. The van der Waals surface area contributed by atoms with Gasteiger partial charge < -0.3 is 10.4 Å². The van der Waals surface area contributed by atoms with Crippen molar-refractivity contribution in [2.75, 3.05) is 6.54 Å². The van der Waals surface area contributed by atoms with Crippen LogP contribution in [0.3, 0.4) is 0 Å². The van der Waals surface area contributed by atoms with E-state index in [0.29, 0.717) is 23.1 Å². The van der Waals surface area contributed by atoms with Gasteiger partial charge in [-0.2, -0.15) is 0 Å². The van der Waals surface area contributed by atoms with Crippen LogP contribution in [-0.2, 0) is 6.42 Å². The average molecular weight is 472 g/mol. The van der Waals surface area contributed by atoms with Gasteiger partial charge in [-0.15, -0.1) is 0 Å². The summed E-state index contributed by atoms with van der Waals surface area (Å²) < 4.78 is 0. The van der Waals surface area contributed by atoms with E-state index in [9.17, 15) is 5.11 Å². The van der Waals surface area contributed by atoms with E-state index in [1.165, 1.54) is 60.8 Å². The first-order valence-electron chi connectivity index (χ1n) is 14.3. The Morgan fingerprint density at radius 1 is 1.03 bits per heavy atom. The summed E-state index contributed by atoms with van der Waals surface area (Å²) in [5.74, 6) is 3.14. The third kappa shape index (κ3) is 5.38. The van der Waals surface area contributed by atoms with Crippen LogP contribution in [0.5, 0.6) is 5.75 Å². The molecule has 2 nitrogen and oxygen atoms in total. The minimum absolute atomic E-state index is 0.370. The Bertz CT molecular complexity index is 1040. The molecule has 3 aliphatic carbocycles. The lowest BCUT2D eigenvalue weighted by Crippen LogP contribution is -2.33. The molecule has 2 aromatic carbocycles. The van der Waals surface area contributed by atoms with Gasteiger partial charge >= 0.3 is 0 Å². The van der Waals surface area contributed by atoms with Crippen LogP contribution in [0.1, 0.15) is 106 Å². The van der Waals surface area contributed by atoms with Gasteiger partial charge in [-0.25, -0.2) is 0 Å². The number of benzene rings is 2. The van der Waals surface area contributed by atoms with Crippen LogP contribution < -0.4 is 5.32 Å². The summed E-state index contributed by atoms with van der Waals surface area (Å²) in [4.78, 5) is 0. The number of hydrogen-bond acceptors (Lipinski definition) is 2. The second-order valence-electron chi connectivity index (χ2n) is 12.2. The van der Waals surface area contributed by atoms with Gasteiger partial charge in [-0.05, 0) is 109 Å². The lowest BCUT2D eigenvalue weighted by molar-refractivity contribution is 0.119. The molecule has 0 aliphatic heterocycles. The summed E-state index contributed by atoms with van der Waals surface area (Å²) >= 11 is 0. The molecule has 0 aromatic heterocycles. The fourth-order valence-electron chi connectivity index (χ4n) is 7.80. The summed E-state index contributed by atoms with van der Waals surface area (Å²) in [6.45, 7) is 8.12. The Balaban J connectivity index is 1.34. The van der Waals surface area contributed by atoms with Crippen LogP contribution in [0.15, 0.2) is 54.6 Å². The van der Waals surface area contributed by atoms with Gasteiger partial charge in [-0.3, -0.25) is 0 Å². The fraction of sp³-hybridized carbons (Fsp3) is 0.576. The Hall–Kier alpha value is -2.06. The molecule has 0 amide bonds. The van der Waals surface area contributed by atoms with E-state index in [4.69, 9.17) is 0 Å². The van der Waals surface area contributed by atoms with Crippen LogP contribution in [0, 0.1) is 23.2 Å². The van der Waals surface area contributed by atoms with Gasteiger partial charge in [0.2, 0.25) is 0 Å². The van der Waals surface area contributed by atoms with E-state index < -0.39 is 0 Å². The first-order chi connectivity index (χ1) is 16.9. The number of aromatic hydroxyl groups is 1. The van der Waals surface area contributed by atoms with E-state index in [2.05, 4.69) is 68.6 Å². The maximum Gasteiger partial charge on any atom is 0.116 e. The highest BCUT2D eigenvalue weighted by molar-refractivity contribution is 5.45. The summed E-state index contributed by atoms with van der Waals surface area (Å²) in [6.07, 6.45) is 16.3. The normalized spacial score (nSPS) is 32.8. The molecule has 0 spiro atoms. The molecule has 2 aromatic rings. The first-order valence-corrected chi connectivity index (χ1v) is 14.3. The number of nitrogens with one attached hydrogen (secondary N) is 1. The highest BCUT2D eigenvalue weighted by Crippen LogP contribution is 2.48. The minimum atomic E-state index is 0.370. The van der Waals surface area contributed by atoms with Gasteiger partial charge in [0.1, 0.15) is 5.75 Å². The fourth-order valence-corrected chi connectivity index (χ4v) is 7.80. The third-order valence-electron chi connectivity index (χ3n) is 9.41. The molecule has 1 saturated carbocycles. The summed E-state index contributed by atoms with van der Waals surface area (Å²) in [7, 11) is 0. The quantitative estimate of drug-likeness (QED) is 0.415. The van der Waals surface area contributed by atoms with Crippen molar-refractivity contribution in [2.45, 2.75) is 90.5 Å². The van der Waals surface area contributed by atoms with Gasteiger partial charge in [-0.1, -0.05) is 76.1 Å². The molecule has 2 heteroatoms. The van der Waals surface area contributed by atoms with Crippen LogP contribution in [0.25, 0.3) is 0 Å². The summed E-state index contributed by atoms with van der Waals surface area (Å²) in [5.41, 5.74) is 5.87. The molecule has 0 heterocycles. The molecule has 188 valence electrons. The molecule has 0 saturated heterocycles. The van der Waals surface area contributed by atoms with Crippen molar-refractivity contribution in [3.63, 3.8) is 0 Å². The van der Waals surface area contributed by atoms with Crippen LogP contribution >= 0.6 is 0 Å². The number of phenolic OH excluding ortho intramolecular Hbond substituents is 1. The van der Waals surface area contributed by atoms with Crippen molar-refractivity contribution in [1.29, 1.82) is 0 Å². The molecule has 2 N–H and O–H groups in total. The van der Waals surface area contributed by atoms with Crippen molar-refractivity contribution in [1.82, 2.24) is 5.32 Å².